The van der Waals surface area contributed by atoms with Crippen LogP contribution in [0.2, 0.25) is 0 Å². The van der Waals surface area contributed by atoms with E-state index in [1.807, 2.05) is 0 Å². The fraction of sp³-hybridized carbons (Fsp3) is 0.118. The summed E-state index contributed by atoms with van der Waals surface area (Å²) in [5.74, 6) is 1.64. The summed E-state index contributed by atoms with van der Waals surface area (Å²) in [7, 11) is 1.61. The van der Waals surface area contributed by atoms with Gasteiger partial charge in [0, 0.05) is 11.4 Å². The summed E-state index contributed by atoms with van der Waals surface area (Å²) in [5, 5.41) is 4.51. The smallest absolute Gasteiger partial charge is 0.258 e. The van der Waals surface area contributed by atoms with Gasteiger partial charge in [-0.3, -0.25) is 4.79 Å². The first kappa shape index (κ1) is 15.9. The van der Waals surface area contributed by atoms with Gasteiger partial charge in [-0.2, -0.15) is 4.37 Å². The van der Waals surface area contributed by atoms with Crippen LogP contribution in [0.4, 0.5) is 5.69 Å². The summed E-state index contributed by atoms with van der Waals surface area (Å²) in [6.07, 6.45) is 1.55. The molecule has 0 atom stereocenters. The van der Waals surface area contributed by atoms with Crippen molar-refractivity contribution in [2.24, 2.45) is 0 Å². The number of amides is 1. The largest absolute Gasteiger partial charge is 0.497 e. The van der Waals surface area contributed by atoms with Crippen molar-refractivity contribution in [1.82, 2.24) is 9.36 Å². The van der Waals surface area contributed by atoms with E-state index >= 15 is 0 Å². The van der Waals surface area contributed by atoms with Gasteiger partial charge in [-0.1, -0.05) is 0 Å². The maximum Gasteiger partial charge on any atom is 0.258 e. The highest BCUT2D eigenvalue weighted by Gasteiger charge is 2.11. The number of methoxy groups -OCH3 is 1. The second-order valence-corrected chi connectivity index (χ2v) is 5.56. The van der Waals surface area contributed by atoms with E-state index in [1.54, 1.807) is 62.0 Å². The third kappa shape index (κ3) is 3.69. The van der Waals surface area contributed by atoms with Gasteiger partial charge in [0.2, 0.25) is 5.88 Å². The van der Waals surface area contributed by atoms with E-state index in [9.17, 15) is 4.79 Å². The summed E-state index contributed by atoms with van der Waals surface area (Å²) in [5.41, 5.74) is 1.87. The van der Waals surface area contributed by atoms with Gasteiger partial charge >= 0.3 is 0 Å². The molecule has 0 unspecified atom stereocenters. The Morgan fingerprint density at radius 2 is 1.88 bits per heavy atom. The number of nitrogens with zero attached hydrogens (tertiary/aromatic N) is 2. The van der Waals surface area contributed by atoms with Gasteiger partial charge in [0.15, 0.2) is 0 Å². The number of anilines is 1. The van der Waals surface area contributed by atoms with Gasteiger partial charge in [0.05, 0.1) is 30.3 Å². The molecule has 122 valence electrons. The van der Waals surface area contributed by atoms with Gasteiger partial charge in [-0.15, -0.1) is 0 Å². The van der Waals surface area contributed by atoms with Crippen molar-refractivity contribution in [1.29, 1.82) is 0 Å². The van der Waals surface area contributed by atoms with Crippen LogP contribution in [0.1, 0.15) is 16.1 Å². The summed E-state index contributed by atoms with van der Waals surface area (Å²) >= 11 is 1.26. The third-order valence-electron chi connectivity index (χ3n) is 3.27. The molecule has 1 aromatic carbocycles. The lowest BCUT2D eigenvalue weighted by atomic mass is 10.2. The van der Waals surface area contributed by atoms with Crippen molar-refractivity contribution in [3.05, 3.63) is 59.2 Å². The lowest BCUT2D eigenvalue weighted by molar-refractivity contribution is 0.102. The molecule has 0 radical (unpaired) electrons. The molecule has 0 aliphatic carbocycles. The number of nitrogens with one attached hydrogen (secondary N) is 1. The van der Waals surface area contributed by atoms with Gasteiger partial charge in [0.25, 0.3) is 5.91 Å². The maximum atomic E-state index is 12.1. The van der Waals surface area contributed by atoms with Crippen molar-refractivity contribution < 1.29 is 14.3 Å². The molecular weight excluding hydrogens is 326 g/mol. The zero-order valence-electron chi connectivity index (χ0n) is 13.1. The number of rotatable bonds is 5. The van der Waals surface area contributed by atoms with E-state index in [-0.39, 0.29) is 5.91 Å². The summed E-state index contributed by atoms with van der Waals surface area (Å²) in [4.78, 5) is 16.3. The summed E-state index contributed by atoms with van der Waals surface area (Å²) < 4.78 is 14.8. The number of carbonyl (C=O) groups excluding carboxylic acids is 1. The maximum absolute atomic E-state index is 12.1. The van der Waals surface area contributed by atoms with E-state index in [0.29, 0.717) is 28.6 Å². The number of benzene rings is 1. The van der Waals surface area contributed by atoms with Crippen molar-refractivity contribution in [3.63, 3.8) is 0 Å². The Balaban J connectivity index is 1.64. The van der Waals surface area contributed by atoms with Crippen LogP contribution in [-0.4, -0.2) is 22.4 Å². The van der Waals surface area contributed by atoms with Gasteiger partial charge < -0.3 is 14.8 Å². The molecular formula is C17H15N3O3S. The molecule has 2 aromatic heterocycles. The van der Waals surface area contributed by atoms with E-state index in [0.717, 1.165) is 5.75 Å². The van der Waals surface area contributed by atoms with Crippen LogP contribution < -0.4 is 14.8 Å². The Labute approximate surface area is 143 Å². The van der Waals surface area contributed by atoms with E-state index in [1.165, 1.54) is 11.5 Å². The standard InChI is InChI=1S/C17H15N3O3S/c1-11-15(10-24-20-11)17(21)19-12-3-8-16(18-9-12)23-14-6-4-13(22-2)5-7-14/h3-10H,1-2H3,(H,19,21). The molecule has 0 spiro atoms. The first-order valence-corrected chi connectivity index (χ1v) is 7.99. The molecule has 0 bridgehead atoms. The van der Waals surface area contributed by atoms with Gasteiger partial charge in [0.1, 0.15) is 11.5 Å². The van der Waals surface area contributed by atoms with E-state index < -0.39 is 0 Å². The first-order chi connectivity index (χ1) is 11.7. The molecule has 0 fully saturated rings. The number of hydrogen-bond donors (Lipinski definition) is 1. The zero-order valence-corrected chi connectivity index (χ0v) is 14.0. The van der Waals surface area contributed by atoms with Crippen molar-refractivity contribution in [3.8, 4) is 17.4 Å². The third-order valence-corrected chi connectivity index (χ3v) is 3.99. The van der Waals surface area contributed by atoms with Crippen LogP contribution in [0.15, 0.2) is 48.0 Å². The number of pyridine rings is 1. The quantitative estimate of drug-likeness (QED) is 0.762. The molecule has 0 saturated carbocycles. The number of aromatic nitrogens is 2. The monoisotopic (exact) mass is 341 g/mol. The lowest BCUT2D eigenvalue weighted by Crippen LogP contribution is -2.12. The molecule has 3 aromatic rings. The molecule has 0 aliphatic heterocycles. The number of aryl methyl sites for hydroxylation is 1. The molecule has 0 aliphatic rings. The Kier molecular flexibility index (Phi) is 4.72. The Morgan fingerprint density at radius 3 is 2.46 bits per heavy atom. The Bertz CT molecular complexity index is 829. The molecule has 1 amide bonds. The molecule has 7 heteroatoms. The average molecular weight is 341 g/mol. The van der Waals surface area contributed by atoms with Crippen LogP contribution in [0.3, 0.4) is 0 Å². The summed E-state index contributed by atoms with van der Waals surface area (Å²) in [6.45, 7) is 1.80. The van der Waals surface area contributed by atoms with Crippen molar-refractivity contribution >= 4 is 23.1 Å². The minimum atomic E-state index is -0.202. The van der Waals surface area contributed by atoms with Crippen molar-refractivity contribution in [2.45, 2.75) is 6.92 Å². The number of carbonyl (C=O) groups is 1. The molecule has 3 rings (SSSR count). The minimum absolute atomic E-state index is 0.202. The molecule has 1 N–H and O–H groups in total. The fourth-order valence-electron chi connectivity index (χ4n) is 1.99. The lowest BCUT2D eigenvalue weighted by Gasteiger charge is -2.07. The SMILES string of the molecule is COc1ccc(Oc2ccc(NC(=O)c3csnc3C)cn2)cc1. The van der Waals surface area contributed by atoms with E-state index in [4.69, 9.17) is 9.47 Å². The second kappa shape index (κ2) is 7.10. The first-order valence-electron chi connectivity index (χ1n) is 7.16. The summed E-state index contributed by atoms with van der Waals surface area (Å²) in [6, 6.07) is 10.6. The van der Waals surface area contributed by atoms with Crippen LogP contribution in [0.5, 0.6) is 17.4 Å². The van der Waals surface area contributed by atoms with Gasteiger partial charge in [-0.05, 0) is 48.8 Å². The normalized spacial score (nSPS) is 10.2. The van der Waals surface area contributed by atoms with Crippen LogP contribution in [0, 0.1) is 6.92 Å². The Morgan fingerprint density at radius 1 is 1.12 bits per heavy atom. The topological polar surface area (TPSA) is 73.3 Å². The average Bonchev–Trinajstić information content (AvgIpc) is 3.03. The number of hydrogen-bond acceptors (Lipinski definition) is 6. The van der Waals surface area contributed by atoms with Gasteiger partial charge in [-0.25, -0.2) is 4.98 Å². The van der Waals surface area contributed by atoms with Crippen LogP contribution in [-0.2, 0) is 0 Å². The second-order valence-electron chi connectivity index (χ2n) is 4.93. The Hall–Kier alpha value is -2.93. The van der Waals surface area contributed by atoms with Crippen molar-refractivity contribution in [2.75, 3.05) is 12.4 Å². The fourth-order valence-corrected chi connectivity index (χ4v) is 2.68. The predicted octanol–water partition coefficient (Wildman–Crippen LogP) is 3.90. The highest BCUT2D eigenvalue weighted by atomic mass is 32.1. The molecule has 24 heavy (non-hydrogen) atoms. The van der Waals surface area contributed by atoms with Crippen LogP contribution in [0.25, 0.3) is 0 Å². The molecule has 0 saturated heterocycles. The highest BCUT2D eigenvalue weighted by Crippen LogP contribution is 2.23. The highest BCUT2D eigenvalue weighted by molar-refractivity contribution is 7.04. The van der Waals surface area contributed by atoms with E-state index in [2.05, 4.69) is 14.7 Å². The molecule has 2 heterocycles. The number of ether oxygens (including phenoxy) is 2. The van der Waals surface area contributed by atoms with Crippen LogP contribution >= 0.6 is 11.5 Å². The zero-order chi connectivity index (χ0) is 16.9. The minimum Gasteiger partial charge on any atom is -0.497 e. The predicted molar refractivity (Wildman–Crippen MR) is 92.1 cm³/mol. The molecule has 6 nitrogen and oxygen atoms in total.